The predicted molar refractivity (Wildman–Crippen MR) is 101 cm³/mol. The van der Waals surface area contributed by atoms with Crippen molar-refractivity contribution in [3.05, 3.63) is 59.1 Å². The lowest BCUT2D eigenvalue weighted by atomic mass is 9.98. The fourth-order valence-electron chi connectivity index (χ4n) is 3.42. The molecule has 4 nitrogen and oxygen atoms in total. The van der Waals surface area contributed by atoms with E-state index < -0.39 is 6.61 Å². The van der Waals surface area contributed by atoms with Crippen LogP contribution in [0.5, 0.6) is 5.75 Å². The van der Waals surface area contributed by atoms with E-state index in [0.717, 1.165) is 28.1 Å². The zero-order chi connectivity index (χ0) is 18.8. The summed E-state index contributed by atoms with van der Waals surface area (Å²) in [7, 11) is 0. The highest BCUT2D eigenvalue weighted by Crippen LogP contribution is 2.33. The third-order valence-electron chi connectivity index (χ3n) is 4.67. The summed E-state index contributed by atoms with van der Waals surface area (Å²) >= 11 is 1.67. The molecule has 3 aromatic rings. The van der Waals surface area contributed by atoms with E-state index >= 15 is 0 Å². The van der Waals surface area contributed by atoms with Crippen molar-refractivity contribution in [2.45, 2.75) is 25.4 Å². The van der Waals surface area contributed by atoms with Crippen molar-refractivity contribution in [1.29, 1.82) is 0 Å². The second-order valence-electron chi connectivity index (χ2n) is 6.52. The minimum Gasteiger partial charge on any atom is -0.435 e. The molecule has 1 fully saturated rings. The molecule has 0 aliphatic carbocycles. The number of rotatable bonds is 4. The predicted octanol–water partition coefficient (Wildman–Crippen LogP) is 4.92. The van der Waals surface area contributed by atoms with E-state index in [1.165, 1.54) is 12.1 Å². The van der Waals surface area contributed by atoms with Gasteiger partial charge in [0, 0.05) is 24.6 Å². The van der Waals surface area contributed by atoms with Gasteiger partial charge in [-0.1, -0.05) is 18.2 Å². The summed E-state index contributed by atoms with van der Waals surface area (Å²) in [5.41, 5.74) is 1.34. The average Bonchev–Trinajstić information content (AvgIpc) is 3.11. The number of carbonyl (C=O) groups excluding carboxylic acids is 1. The number of amides is 1. The van der Waals surface area contributed by atoms with E-state index in [4.69, 9.17) is 4.98 Å². The quantitative estimate of drug-likeness (QED) is 0.637. The smallest absolute Gasteiger partial charge is 0.387 e. The molecule has 2 heterocycles. The van der Waals surface area contributed by atoms with E-state index in [1.54, 1.807) is 28.4 Å². The minimum atomic E-state index is -2.91. The minimum absolute atomic E-state index is 0.00409. The van der Waals surface area contributed by atoms with Gasteiger partial charge in [0.25, 0.3) is 5.91 Å². The van der Waals surface area contributed by atoms with E-state index in [9.17, 15) is 13.6 Å². The van der Waals surface area contributed by atoms with E-state index in [-0.39, 0.29) is 17.6 Å². The molecule has 0 unspecified atom stereocenters. The van der Waals surface area contributed by atoms with Crippen molar-refractivity contribution in [2.24, 2.45) is 0 Å². The number of likely N-dealkylation sites (tertiary alicyclic amines) is 1. The van der Waals surface area contributed by atoms with Crippen molar-refractivity contribution in [2.75, 3.05) is 13.1 Å². The Hall–Kier alpha value is -2.54. The number of ether oxygens (including phenoxy) is 1. The number of aromatic nitrogens is 1. The summed E-state index contributed by atoms with van der Waals surface area (Å²) in [6.45, 7) is -1.67. The first-order chi connectivity index (χ1) is 13.1. The van der Waals surface area contributed by atoms with Gasteiger partial charge in [-0.3, -0.25) is 4.79 Å². The number of carbonyl (C=O) groups is 1. The van der Waals surface area contributed by atoms with Crippen LogP contribution in [0.2, 0.25) is 0 Å². The number of nitrogens with zero attached hydrogens (tertiary/aromatic N) is 2. The third kappa shape index (κ3) is 3.93. The molecule has 0 radical (unpaired) electrons. The van der Waals surface area contributed by atoms with Gasteiger partial charge in [-0.05, 0) is 43.2 Å². The van der Waals surface area contributed by atoms with Gasteiger partial charge in [0.15, 0.2) is 0 Å². The SMILES string of the molecule is O=C(c1cccc(OC(F)F)c1)N1CCC[C@H](c2nc3ccccc3s2)C1. The highest BCUT2D eigenvalue weighted by atomic mass is 32.1. The Morgan fingerprint density at radius 2 is 2.07 bits per heavy atom. The van der Waals surface area contributed by atoms with Crippen LogP contribution in [0.1, 0.15) is 34.1 Å². The zero-order valence-corrected chi connectivity index (χ0v) is 15.3. The number of hydrogen-bond donors (Lipinski definition) is 0. The molecule has 0 bridgehead atoms. The summed E-state index contributed by atoms with van der Waals surface area (Å²) in [5.74, 6) is 0.0247. The Labute approximate surface area is 159 Å². The number of fused-ring (bicyclic) bond motifs is 1. The van der Waals surface area contributed by atoms with Crippen LogP contribution in [0.25, 0.3) is 10.2 Å². The van der Waals surface area contributed by atoms with Crippen LogP contribution in [0.3, 0.4) is 0 Å². The van der Waals surface area contributed by atoms with Crippen molar-refractivity contribution in [1.82, 2.24) is 9.88 Å². The first-order valence-electron chi connectivity index (χ1n) is 8.80. The number of piperidine rings is 1. The van der Waals surface area contributed by atoms with E-state index in [2.05, 4.69) is 10.8 Å². The number of alkyl halides is 2. The van der Waals surface area contributed by atoms with Crippen molar-refractivity contribution < 1.29 is 18.3 Å². The Morgan fingerprint density at radius 1 is 1.22 bits per heavy atom. The molecule has 1 atom stereocenters. The molecule has 27 heavy (non-hydrogen) atoms. The molecule has 1 saturated heterocycles. The summed E-state index contributed by atoms with van der Waals surface area (Å²) in [6.07, 6.45) is 1.87. The summed E-state index contributed by atoms with van der Waals surface area (Å²) < 4.78 is 30.4. The van der Waals surface area contributed by atoms with Crippen LogP contribution >= 0.6 is 11.3 Å². The van der Waals surface area contributed by atoms with Crippen molar-refractivity contribution in [3.63, 3.8) is 0 Å². The monoisotopic (exact) mass is 388 g/mol. The van der Waals surface area contributed by atoms with Crippen LogP contribution in [-0.2, 0) is 0 Å². The summed E-state index contributed by atoms with van der Waals surface area (Å²) in [5, 5.41) is 1.04. The van der Waals surface area contributed by atoms with Gasteiger partial charge in [-0.2, -0.15) is 8.78 Å². The molecule has 140 valence electrons. The molecule has 1 aromatic heterocycles. The molecule has 1 amide bonds. The Morgan fingerprint density at radius 3 is 2.89 bits per heavy atom. The fourth-order valence-corrected chi connectivity index (χ4v) is 4.51. The van der Waals surface area contributed by atoms with Gasteiger partial charge in [0.05, 0.1) is 15.2 Å². The van der Waals surface area contributed by atoms with Gasteiger partial charge >= 0.3 is 6.61 Å². The van der Waals surface area contributed by atoms with Gasteiger partial charge in [0.1, 0.15) is 5.75 Å². The van der Waals surface area contributed by atoms with Gasteiger partial charge in [-0.15, -0.1) is 11.3 Å². The first kappa shape index (κ1) is 17.9. The number of thiazole rings is 1. The topological polar surface area (TPSA) is 42.4 Å². The Balaban J connectivity index is 1.51. The average molecular weight is 388 g/mol. The number of para-hydroxylation sites is 1. The molecular formula is C20H18F2N2O2S. The van der Waals surface area contributed by atoms with Crippen LogP contribution in [0.15, 0.2) is 48.5 Å². The van der Waals surface area contributed by atoms with Crippen LogP contribution in [-0.4, -0.2) is 35.5 Å². The highest BCUT2D eigenvalue weighted by Gasteiger charge is 2.27. The first-order valence-corrected chi connectivity index (χ1v) is 9.61. The summed E-state index contributed by atoms with van der Waals surface area (Å²) in [6, 6.07) is 14.0. The molecule has 1 aliphatic heterocycles. The molecule has 4 rings (SSSR count). The van der Waals surface area contributed by atoms with Crippen LogP contribution in [0, 0.1) is 0 Å². The normalized spacial score (nSPS) is 17.4. The fraction of sp³-hybridized carbons (Fsp3) is 0.300. The molecule has 1 aliphatic rings. The Kier molecular flexibility index (Phi) is 5.03. The molecule has 0 N–H and O–H groups in total. The lowest BCUT2D eigenvalue weighted by Gasteiger charge is -2.32. The zero-order valence-electron chi connectivity index (χ0n) is 14.5. The maximum atomic E-state index is 12.9. The number of benzene rings is 2. The second-order valence-corrected chi connectivity index (χ2v) is 7.58. The standard InChI is InChI=1S/C20H18F2N2O2S/c21-20(22)26-15-7-3-5-13(11-15)19(25)24-10-4-6-14(12-24)18-23-16-8-1-2-9-17(16)27-18/h1-3,5,7-9,11,14,20H,4,6,10,12H2/t14-/m0/s1. The molecular weight excluding hydrogens is 370 g/mol. The van der Waals surface area contributed by atoms with E-state index in [1.807, 2.05) is 18.2 Å². The maximum Gasteiger partial charge on any atom is 0.387 e. The Bertz CT molecular complexity index is 927. The molecule has 0 saturated carbocycles. The lowest BCUT2D eigenvalue weighted by Crippen LogP contribution is -2.39. The number of halogens is 2. The lowest BCUT2D eigenvalue weighted by molar-refractivity contribution is -0.0499. The van der Waals surface area contributed by atoms with Gasteiger partial charge in [0.2, 0.25) is 0 Å². The van der Waals surface area contributed by atoms with Crippen LogP contribution < -0.4 is 4.74 Å². The molecule has 2 aromatic carbocycles. The largest absolute Gasteiger partial charge is 0.435 e. The van der Waals surface area contributed by atoms with Crippen molar-refractivity contribution >= 4 is 27.5 Å². The highest BCUT2D eigenvalue weighted by molar-refractivity contribution is 7.18. The third-order valence-corrected chi connectivity index (χ3v) is 5.87. The van der Waals surface area contributed by atoms with Gasteiger partial charge < -0.3 is 9.64 Å². The van der Waals surface area contributed by atoms with Crippen LogP contribution in [0.4, 0.5) is 8.78 Å². The molecule has 0 spiro atoms. The summed E-state index contributed by atoms with van der Waals surface area (Å²) in [4.78, 5) is 19.4. The second kappa shape index (κ2) is 7.60. The number of hydrogen-bond acceptors (Lipinski definition) is 4. The van der Waals surface area contributed by atoms with Crippen molar-refractivity contribution in [3.8, 4) is 5.75 Å². The molecule has 7 heteroatoms. The maximum absolute atomic E-state index is 12.9. The van der Waals surface area contributed by atoms with Gasteiger partial charge in [-0.25, -0.2) is 4.98 Å². The van der Waals surface area contributed by atoms with E-state index in [0.29, 0.717) is 18.7 Å².